The summed E-state index contributed by atoms with van der Waals surface area (Å²) in [7, 11) is 2.10. The Morgan fingerprint density at radius 3 is 2.86 bits per heavy atom. The number of thiazole rings is 1. The number of pyridine rings is 1. The van der Waals surface area contributed by atoms with Gasteiger partial charge in [0, 0.05) is 29.7 Å². The second-order valence-corrected chi connectivity index (χ2v) is 8.23. The third-order valence-electron chi connectivity index (χ3n) is 5.76. The first-order valence-electron chi connectivity index (χ1n) is 9.28. The number of carbonyl (C=O) groups is 1. The molecule has 0 spiro atoms. The van der Waals surface area contributed by atoms with E-state index in [0.717, 1.165) is 12.8 Å². The molecule has 2 atom stereocenters. The smallest absolute Gasteiger partial charge is 0.256 e. The number of carbonyl (C=O) groups excluding carboxylic acids is 1. The zero-order valence-electron chi connectivity index (χ0n) is 15.3. The average molecular weight is 401 g/mol. The van der Waals surface area contributed by atoms with Crippen LogP contribution in [-0.4, -0.2) is 63.7 Å². The number of hydrogen-bond acceptors (Lipinski definition) is 6. The van der Waals surface area contributed by atoms with Crippen LogP contribution in [0.5, 0.6) is 0 Å². The highest BCUT2D eigenvalue weighted by Gasteiger charge is 2.38. The molecular formula is C19H20FN5O2S. The van der Waals surface area contributed by atoms with Gasteiger partial charge in [0.05, 0.1) is 24.9 Å². The third kappa shape index (κ3) is 2.81. The topological polar surface area (TPSA) is 72.3 Å². The molecule has 28 heavy (non-hydrogen) atoms. The van der Waals surface area contributed by atoms with Gasteiger partial charge in [0.25, 0.3) is 5.91 Å². The fourth-order valence-corrected chi connectivity index (χ4v) is 4.92. The molecule has 3 aromatic rings. The number of piperidine rings is 1. The lowest BCUT2D eigenvalue weighted by molar-refractivity contribution is -0.0670. The molecule has 0 aromatic carbocycles. The number of ether oxygens (including phenoxy) is 1. The summed E-state index contributed by atoms with van der Waals surface area (Å²) in [4.78, 5) is 23.7. The zero-order chi connectivity index (χ0) is 19.3. The summed E-state index contributed by atoms with van der Waals surface area (Å²) in [5.41, 5.74) is 2.09. The van der Waals surface area contributed by atoms with Crippen LogP contribution >= 0.6 is 11.3 Å². The highest BCUT2D eigenvalue weighted by atomic mass is 32.1. The largest absolute Gasteiger partial charge is 0.378 e. The quantitative estimate of drug-likeness (QED) is 0.729. The van der Waals surface area contributed by atoms with Crippen LogP contribution in [0.4, 0.5) is 4.39 Å². The Morgan fingerprint density at radius 2 is 2.14 bits per heavy atom. The Hall–Kier alpha value is -2.36. The molecule has 1 N–H and O–H groups in total. The predicted molar refractivity (Wildman–Crippen MR) is 103 cm³/mol. The van der Waals surface area contributed by atoms with E-state index in [2.05, 4.69) is 27.2 Å². The van der Waals surface area contributed by atoms with Crippen LogP contribution in [0.3, 0.4) is 0 Å². The first-order chi connectivity index (χ1) is 13.6. The van der Waals surface area contributed by atoms with Gasteiger partial charge in [-0.25, -0.2) is 4.98 Å². The van der Waals surface area contributed by atoms with Crippen molar-refractivity contribution in [3.8, 4) is 5.00 Å². The molecule has 9 heteroatoms. The van der Waals surface area contributed by atoms with Gasteiger partial charge in [-0.3, -0.25) is 19.2 Å². The number of aromatic nitrogens is 3. The number of nitrogens with zero attached hydrogens (tertiary/aromatic N) is 4. The van der Waals surface area contributed by atoms with Gasteiger partial charge < -0.3 is 10.1 Å². The molecule has 2 saturated heterocycles. The average Bonchev–Trinajstić information content (AvgIpc) is 3.27. The fraction of sp³-hybridized carbons (Fsp3) is 0.421. The van der Waals surface area contributed by atoms with Crippen molar-refractivity contribution in [1.29, 1.82) is 0 Å². The number of rotatable bonds is 3. The van der Waals surface area contributed by atoms with Gasteiger partial charge in [0.15, 0.2) is 0 Å². The molecule has 2 aliphatic rings. The van der Waals surface area contributed by atoms with Crippen molar-refractivity contribution >= 4 is 28.3 Å². The molecule has 2 bridgehead atoms. The molecule has 2 fully saturated rings. The minimum absolute atomic E-state index is 0.000441. The number of fused-ring (bicyclic) bond motifs is 3. The molecule has 2 aliphatic heterocycles. The van der Waals surface area contributed by atoms with E-state index in [-0.39, 0.29) is 23.7 Å². The van der Waals surface area contributed by atoms with Gasteiger partial charge >= 0.3 is 0 Å². The molecule has 7 nitrogen and oxygen atoms in total. The monoisotopic (exact) mass is 401 g/mol. The number of hydrogen-bond donors (Lipinski definition) is 1. The number of halogens is 1. The van der Waals surface area contributed by atoms with Crippen LogP contribution in [0.2, 0.25) is 0 Å². The molecular weight excluding hydrogens is 381 g/mol. The molecule has 146 valence electrons. The van der Waals surface area contributed by atoms with Gasteiger partial charge in [0.1, 0.15) is 16.2 Å². The molecule has 2 unspecified atom stereocenters. The van der Waals surface area contributed by atoms with Crippen molar-refractivity contribution in [2.24, 2.45) is 0 Å². The highest BCUT2D eigenvalue weighted by Crippen LogP contribution is 2.30. The Labute approximate surface area is 165 Å². The lowest BCUT2D eigenvalue weighted by Gasteiger charge is -2.46. The molecule has 0 saturated carbocycles. The Morgan fingerprint density at radius 1 is 1.36 bits per heavy atom. The van der Waals surface area contributed by atoms with Gasteiger partial charge in [-0.05, 0) is 32.0 Å². The predicted octanol–water partition coefficient (Wildman–Crippen LogP) is 2.21. The van der Waals surface area contributed by atoms with E-state index in [1.54, 1.807) is 30.0 Å². The van der Waals surface area contributed by atoms with Crippen LogP contribution in [0.25, 0.3) is 16.0 Å². The summed E-state index contributed by atoms with van der Waals surface area (Å²) in [6.45, 7) is 1.34. The summed E-state index contributed by atoms with van der Waals surface area (Å²) in [5, 5.41) is 4.15. The molecule has 3 aromatic heterocycles. The van der Waals surface area contributed by atoms with Crippen molar-refractivity contribution in [3.63, 3.8) is 0 Å². The van der Waals surface area contributed by atoms with Gasteiger partial charge in [-0.1, -0.05) is 0 Å². The van der Waals surface area contributed by atoms with Crippen molar-refractivity contribution in [2.75, 3.05) is 20.3 Å². The van der Waals surface area contributed by atoms with Crippen LogP contribution in [-0.2, 0) is 4.74 Å². The van der Waals surface area contributed by atoms with Gasteiger partial charge in [0.2, 0.25) is 5.95 Å². The van der Waals surface area contributed by atoms with E-state index in [0.29, 0.717) is 29.2 Å². The maximum Gasteiger partial charge on any atom is 0.256 e. The number of morpholine rings is 1. The maximum absolute atomic E-state index is 15.4. The minimum atomic E-state index is -0.605. The lowest BCUT2D eigenvalue weighted by Crippen LogP contribution is -2.59. The van der Waals surface area contributed by atoms with E-state index >= 15 is 4.39 Å². The molecule has 5 heterocycles. The fourth-order valence-electron chi connectivity index (χ4n) is 4.29. The molecule has 1 amide bonds. The van der Waals surface area contributed by atoms with Crippen molar-refractivity contribution in [1.82, 2.24) is 24.8 Å². The lowest BCUT2D eigenvalue weighted by atomic mass is 9.90. The Kier molecular flexibility index (Phi) is 4.37. The second-order valence-electron chi connectivity index (χ2n) is 7.37. The molecule has 0 aliphatic carbocycles. The zero-order valence-corrected chi connectivity index (χ0v) is 16.2. The van der Waals surface area contributed by atoms with Crippen molar-refractivity contribution in [2.45, 2.75) is 31.0 Å². The van der Waals surface area contributed by atoms with Crippen LogP contribution in [0.1, 0.15) is 23.2 Å². The van der Waals surface area contributed by atoms with Crippen molar-refractivity contribution in [3.05, 3.63) is 41.5 Å². The minimum Gasteiger partial charge on any atom is -0.378 e. The summed E-state index contributed by atoms with van der Waals surface area (Å²) in [5.74, 6) is -1.00. The number of nitrogens with one attached hydrogen (secondary N) is 1. The van der Waals surface area contributed by atoms with E-state index in [4.69, 9.17) is 4.74 Å². The van der Waals surface area contributed by atoms with Gasteiger partial charge in [-0.2, -0.15) is 4.39 Å². The normalized spacial score (nSPS) is 25.1. The highest BCUT2D eigenvalue weighted by molar-refractivity contribution is 7.12. The third-order valence-corrected chi connectivity index (χ3v) is 6.51. The van der Waals surface area contributed by atoms with E-state index in [9.17, 15) is 4.79 Å². The number of likely N-dealkylation sites (N-methyl/N-ethyl adjacent to an activating group) is 1. The Bertz CT molecular complexity index is 1010. The van der Waals surface area contributed by atoms with Crippen molar-refractivity contribution < 1.29 is 13.9 Å². The summed E-state index contributed by atoms with van der Waals surface area (Å²) in [6, 6.07) is 4.01. The van der Waals surface area contributed by atoms with Crippen LogP contribution in [0.15, 0.2) is 30.0 Å². The summed E-state index contributed by atoms with van der Waals surface area (Å²) < 4.78 is 22.4. The first kappa shape index (κ1) is 17.7. The SMILES string of the molecule is CN1C2COCC1CC(NC(=O)c1c(F)n(-c3cncs3)c3ncccc13)C2. The standard InChI is InChI=1S/C19H20FN5O2S/c1-24-12-5-11(6-13(24)9-27-8-12)23-19(26)16-14-3-2-4-22-18(14)25(17(16)20)15-7-21-10-28-15/h2-4,7,10-13H,5-6,8-9H2,1H3,(H,23,26). The molecule has 0 radical (unpaired) electrons. The van der Waals surface area contributed by atoms with Crippen LogP contribution in [0, 0.1) is 5.95 Å². The van der Waals surface area contributed by atoms with E-state index in [1.165, 1.54) is 15.9 Å². The Balaban J connectivity index is 1.48. The molecule has 5 rings (SSSR count). The first-order valence-corrected chi connectivity index (χ1v) is 10.2. The van der Waals surface area contributed by atoms with E-state index in [1.807, 2.05) is 0 Å². The van der Waals surface area contributed by atoms with Crippen LogP contribution < -0.4 is 5.32 Å². The number of amides is 1. The second kappa shape index (κ2) is 6.91. The summed E-state index contributed by atoms with van der Waals surface area (Å²) in [6.07, 6.45) is 4.76. The maximum atomic E-state index is 15.4. The van der Waals surface area contributed by atoms with Gasteiger partial charge in [-0.15, -0.1) is 11.3 Å². The summed E-state index contributed by atoms with van der Waals surface area (Å²) >= 11 is 1.30. The van der Waals surface area contributed by atoms with E-state index < -0.39 is 11.9 Å².